The normalized spacial score (nSPS) is 16.1. The molecule has 2 rings (SSSR count). The van der Waals surface area contributed by atoms with Gasteiger partial charge in [0.25, 0.3) is 0 Å². The fourth-order valence-electron chi connectivity index (χ4n) is 2.61. The van der Waals surface area contributed by atoms with Crippen LogP contribution < -0.4 is 5.32 Å². The van der Waals surface area contributed by atoms with E-state index in [9.17, 15) is 0 Å². The molecule has 1 aliphatic rings. The molecule has 1 heterocycles. The molecule has 2 heteroatoms. The summed E-state index contributed by atoms with van der Waals surface area (Å²) in [7, 11) is 0. The second kappa shape index (κ2) is 7.99. The van der Waals surface area contributed by atoms with Crippen LogP contribution in [0.4, 0.5) is 0 Å². The lowest BCUT2D eigenvalue weighted by molar-refractivity contribution is 0.182. The van der Waals surface area contributed by atoms with Gasteiger partial charge >= 0.3 is 0 Å². The Morgan fingerprint density at radius 3 is 2.63 bits per heavy atom. The van der Waals surface area contributed by atoms with Gasteiger partial charge in [-0.1, -0.05) is 37.0 Å². The van der Waals surface area contributed by atoms with Crippen molar-refractivity contribution in [1.82, 2.24) is 10.2 Å². The largest absolute Gasteiger partial charge is 0.317 e. The average molecular weight is 256 g/mol. The van der Waals surface area contributed by atoms with E-state index in [-0.39, 0.29) is 0 Å². The van der Waals surface area contributed by atoms with Gasteiger partial charge in [0, 0.05) is 11.6 Å². The highest BCUT2D eigenvalue weighted by atomic mass is 15.2. The molecule has 0 saturated carbocycles. The summed E-state index contributed by atoms with van der Waals surface area (Å²) >= 11 is 0. The van der Waals surface area contributed by atoms with E-state index in [2.05, 4.69) is 41.1 Å². The Morgan fingerprint density at radius 2 is 1.95 bits per heavy atom. The number of hydrogen-bond acceptors (Lipinski definition) is 2. The van der Waals surface area contributed by atoms with Crippen LogP contribution >= 0.6 is 0 Å². The fraction of sp³-hybridized carbons (Fsp3) is 0.529. The Balaban J connectivity index is 1.91. The van der Waals surface area contributed by atoms with Gasteiger partial charge in [0.1, 0.15) is 0 Å². The standard InChI is InChI=1S/C17H24N2/c1-2-14-19(17-10-12-18-13-11-17)15-6-9-16-7-4-3-5-8-16/h3-5,7-8,17-18H,2,10-15H2,1H3. The van der Waals surface area contributed by atoms with Gasteiger partial charge in [-0.15, -0.1) is 0 Å². The molecular weight excluding hydrogens is 232 g/mol. The Bertz CT molecular complexity index is 410. The second-order valence-electron chi connectivity index (χ2n) is 5.12. The Hall–Kier alpha value is -1.30. The quantitative estimate of drug-likeness (QED) is 0.833. The Kier molecular flexibility index (Phi) is 5.94. The van der Waals surface area contributed by atoms with Crippen LogP contribution in [0.15, 0.2) is 30.3 Å². The summed E-state index contributed by atoms with van der Waals surface area (Å²) < 4.78 is 0. The van der Waals surface area contributed by atoms with Gasteiger partial charge in [0.15, 0.2) is 0 Å². The maximum absolute atomic E-state index is 3.43. The van der Waals surface area contributed by atoms with Gasteiger partial charge in [-0.3, -0.25) is 4.90 Å². The van der Waals surface area contributed by atoms with Gasteiger partial charge in [-0.25, -0.2) is 0 Å². The maximum Gasteiger partial charge on any atom is 0.0607 e. The van der Waals surface area contributed by atoms with Crippen molar-refractivity contribution in [3.8, 4) is 11.8 Å². The highest BCUT2D eigenvalue weighted by Gasteiger charge is 2.19. The highest BCUT2D eigenvalue weighted by Crippen LogP contribution is 2.11. The molecule has 102 valence electrons. The predicted octanol–water partition coefficient (Wildman–Crippen LogP) is 2.50. The number of hydrogen-bond donors (Lipinski definition) is 1. The summed E-state index contributed by atoms with van der Waals surface area (Å²) in [6.07, 6.45) is 3.72. The molecule has 1 aliphatic heterocycles. The molecule has 19 heavy (non-hydrogen) atoms. The van der Waals surface area contributed by atoms with Crippen molar-refractivity contribution in [2.75, 3.05) is 26.2 Å². The Morgan fingerprint density at radius 1 is 1.21 bits per heavy atom. The lowest BCUT2D eigenvalue weighted by Crippen LogP contribution is -2.43. The number of nitrogens with zero attached hydrogens (tertiary/aromatic N) is 1. The van der Waals surface area contributed by atoms with E-state index in [1.807, 2.05) is 18.2 Å². The minimum absolute atomic E-state index is 0.714. The first kappa shape index (κ1) is 14.1. The monoisotopic (exact) mass is 256 g/mol. The molecule has 0 atom stereocenters. The molecule has 0 unspecified atom stereocenters. The van der Waals surface area contributed by atoms with E-state index in [1.165, 1.54) is 19.3 Å². The molecule has 1 fully saturated rings. The summed E-state index contributed by atoms with van der Waals surface area (Å²) in [5.41, 5.74) is 1.12. The molecule has 1 saturated heterocycles. The van der Waals surface area contributed by atoms with Gasteiger partial charge < -0.3 is 5.32 Å². The molecule has 0 amide bonds. The first-order valence-corrected chi connectivity index (χ1v) is 7.39. The molecule has 0 aromatic heterocycles. The molecule has 0 aliphatic carbocycles. The van der Waals surface area contributed by atoms with Gasteiger partial charge in [0.2, 0.25) is 0 Å². The molecule has 1 aromatic rings. The Labute approximate surface area is 117 Å². The van der Waals surface area contributed by atoms with E-state index in [0.29, 0.717) is 6.04 Å². The first-order valence-electron chi connectivity index (χ1n) is 7.39. The number of benzene rings is 1. The minimum Gasteiger partial charge on any atom is -0.317 e. The second-order valence-corrected chi connectivity index (χ2v) is 5.12. The van der Waals surface area contributed by atoms with E-state index in [1.54, 1.807) is 0 Å². The van der Waals surface area contributed by atoms with Crippen LogP contribution in [0.2, 0.25) is 0 Å². The average Bonchev–Trinajstić information content (AvgIpc) is 2.48. The van der Waals surface area contributed by atoms with E-state index >= 15 is 0 Å². The number of nitrogens with one attached hydrogen (secondary N) is 1. The van der Waals surface area contributed by atoms with Crippen molar-refractivity contribution < 1.29 is 0 Å². The van der Waals surface area contributed by atoms with Gasteiger partial charge in [0.05, 0.1) is 6.54 Å². The summed E-state index contributed by atoms with van der Waals surface area (Å²) in [5, 5.41) is 3.43. The fourth-order valence-corrected chi connectivity index (χ4v) is 2.61. The molecule has 2 nitrogen and oxygen atoms in total. The van der Waals surface area contributed by atoms with Crippen molar-refractivity contribution in [2.45, 2.75) is 32.2 Å². The number of rotatable bonds is 4. The first-order chi connectivity index (χ1) is 9.40. The SMILES string of the molecule is CCCN(CC#Cc1ccccc1)C1CCNCC1. The third-order valence-electron chi connectivity index (χ3n) is 3.62. The lowest BCUT2D eigenvalue weighted by atomic mass is 10.0. The van der Waals surface area contributed by atoms with Crippen LogP contribution in [0.3, 0.4) is 0 Å². The summed E-state index contributed by atoms with van der Waals surface area (Å²) in [4.78, 5) is 2.55. The molecular formula is C17H24N2. The maximum atomic E-state index is 3.43. The van der Waals surface area contributed by atoms with E-state index in [4.69, 9.17) is 0 Å². The van der Waals surface area contributed by atoms with E-state index in [0.717, 1.165) is 31.7 Å². The van der Waals surface area contributed by atoms with Crippen molar-refractivity contribution in [2.24, 2.45) is 0 Å². The summed E-state index contributed by atoms with van der Waals surface area (Å²) in [6, 6.07) is 11.0. The van der Waals surface area contributed by atoms with Crippen LogP contribution in [0.25, 0.3) is 0 Å². The molecule has 0 spiro atoms. The molecule has 0 radical (unpaired) electrons. The van der Waals surface area contributed by atoms with Crippen molar-refractivity contribution in [1.29, 1.82) is 0 Å². The summed E-state index contributed by atoms with van der Waals surface area (Å²) in [5.74, 6) is 6.60. The topological polar surface area (TPSA) is 15.3 Å². The zero-order chi connectivity index (χ0) is 13.3. The van der Waals surface area contributed by atoms with Gasteiger partial charge in [-0.2, -0.15) is 0 Å². The minimum atomic E-state index is 0.714. The lowest BCUT2D eigenvalue weighted by Gasteiger charge is -2.33. The smallest absolute Gasteiger partial charge is 0.0607 e. The van der Waals surface area contributed by atoms with Crippen molar-refractivity contribution in [3.63, 3.8) is 0 Å². The van der Waals surface area contributed by atoms with Crippen LogP contribution in [0, 0.1) is 11.8 Å². The number of piperidine rings is 1. The van der Waals surface area contributed by atoms with E-state index < -0.39 is 0 Å². The third-order valence-corrected chi connectivity index (χ3v) is 3.62. The van der Waals surface area contributed by atoms with Crippen LogP contribution in [-0.2, 0) is 0 Å². The molecule has 1 N–H and O–H groups in total. The van der Waals surface area contributed by atoms with Crippen LogP contribution in [0.1, 0.15) is 31.7 Å². The highest BCUT2D eigenvalue weighted by molar-refractivity contribution is 5.33. The summed E-state index contributed by atoms with van der Waals surface area (Å²) in [6.45, 7) is 6.61. The zero-order valence-corrected chi connectivity index (χ0v) is 11.9. The van der Waals surface area contributed by atoms with Crippen molar-refractivity contribution >= 4 is 0 Å². The van der Waals surface area contributed by atoms with Crippen LogP contribution in [0.5, 0.6) is 0 Å². The van der Waals surface area contributed by atoms with Gasteiger partial charge in [-0.05, 0) is 51.0 Å². The zero-order valence-electron chi connectivity index (χ0n) is 11.9. The third kappa shape index (κ3) is 4.70. The molecule has 0 bridgehead atoms. The molecule has 1 aromatic carbocycles. The predicted molar refractivity (Wildman–Crippen MR) is 81.1 cm³/mol. The van der Waals surface area contributed by atoms with Crippen LogP contribution in [-0.4, -0.2) is 37.1 Å². The van der Waals surface area contributed by atoms with Crippen molar-refractivity contribution in [3.05, 3.63) is 35.9 Å².